The van der Waals surface area contributed by atoms with Crippen LogP contribution in [0.4, 0.5) is 0 Å². The molecule has 2 aromatic heterocycles. The van der Waals surface area contributed by atoms with Gasteiger partial charge in [0.05, 0.1) is 11.6 Å². The standard InChI is InChI=1S/C22H26N4O2/c1-24(2)22(17-7-5-4-6-8-17)12-14-26(15-19(22)27)21(28)18-10-9-16-11-13-25(3)20(16)23-18/h4-11,13,19,27H,12,14-15H2,1-3H3/t19-,22+/m1/s1. The van der Waals surface area contributed by atoms with E-state index >= 15 is 0 Å². The van der Waals surface area contributed by atoms with E-state index in [1.54, 1.807) is 11.0 Å². The third kappa shape index (κ3) is 2.89. The smallest absolute Gasteiger partial charge is 0.272 e. The maximum atomic E-state index is 13.1. The molecule has 0 saturated carbocycles. The Morgan fingerprint density at radius 2 is 1.93 bits per heavy atom. The number of amides is 1. The minimum Gasteiger partial charge on any atom is -0.389 e. The monoisotopic (exact) mass is 378 g/mol. The number of rotatable bonds is 3. The summed E-state index contributed by atoms with van der Waals surface area (Å²) in [5.74, 6) is -0.137. The van der Waals surface area contributed by atoms with Crippen molar-refractivity contribution in [3.63, 3.8) is 0 Å². The molecule has 0 radical (unpaired) electrons. The molecule has 1 aliphatic rings. The maximum absolute atomic E-state index is 13.1. The first-order valence-corrected chi connectivity index (χ1v) is 9.56. The number of benzene rings is 1. The van der Waals surface area contributed by atoms with Gasteiger partial charge in [-0.05, 0) is 44.3 Å². The summed E-state index contributed by atoms with van der Waals surface area (Å²) in [4.78, 5) is 21.4. The lowest BCUT2D eigenvalue weighted by Crippen LogP contribution is -2.60. The van der Waals surface area contributed by atoms with Crippen LogP contribution in [-0.2, 0) is 12.6 Å². The number of nitrogens with zero attached hydrogens (tertiary/aromatic N) is 4. The Hall–Kier alpha value is -2.70. The van der Waals surface area contributed by atoms with Crippen LogP contribution in [0.1, 0.15) is 22.5 Å². The molecule has 3 aromatic rings. The second-order valence-electron chi connectivity index (χ2n) is 7.74. The number of β-amino-alcohol motifs (C(OH)–C–C–N with tert-alkyl or cyclic N) is 1. The van der Waals surface area contributed by atoms with Crippen LogP contribution in [0.2, 0.25) is 0 Å². The highest BCUT2D eigenvalue weighted by atomic mass is 16.3. The van der Waals surface area contributed by atoms with Gasteiger partial charge >= 0.3 is 0 Å². The molecule has 0 unspecified atom stereocenters. The number of carbonyl (C=O) groups is 1. The molecule has 4 rings (SSSR count). The quantitative estimate of drug-likeness (QED) is 0.759. The summed E-state index contributed by atoms with van der Waals surface area (Å²) < 4.78 is 1.91. The number of likely N-dealkylation sites (tertiary alicyclic amines) is 1. The molecule has 1 aliphatic heterocycles. The molecule has 6 heteroatoms. The highest BCUT2D eigenvalue weighted by Crippen LogP contribution is 2.37. The van der Waals surface area contributed by atoms with E-state index in [0.717, 1.165) is 16.6 Å². The van der Waals surface area contributed by atoms with Crippen molar-refractivity contribution >= 4 is 16.9 Å². The molecular weight excluding hydrogens is 352 g/mol. The highest BCUT2D eigenvalue weighted by molar-refractivity contribution is 5.94. The van der Waals surface area contributed by atoms with Crippen molar-refractivity contribution in [2.45, 2.75) is 18.1 Å². The molecular formula is C22H26N4O2. The summed E-state index contributed by atoms with van der Waals surface area (Å²) in [6.07, 6.45) is 1.90. The molecule has 146 valence electrons. The van der Waals surface area contributed by atoms with Gasteiger partial charge in [-0.2, -0.15) is 0 Å². The Morgan fingerprint density at radius 3 is 2.61 bits per heavy atom. The van der Waals surface area contributed by atoms with E-state index in [0.29, 0.717) is 18.7 Å². The first-order valence-electron chi connectivity index (χ1n) is 9.56. The van der Waals surface area contributed by atoms with E-state index in [1.165, 1.54) is 0 Å². The average Bonchev–Trinajstić information content (AvgIpc) is 3.08. The van der Waals surface area contributed by atoms with Gasteiger partial charge in [-0.25, -0.2) is 4.98 Å². The van der Waals surface area contributed by atoms with Crippen molar-refractivity contribution < 1.29 is 9.90 Å². The largest absolute Gasteiger partial charge is 0.389 e. The van der Waals surface area contributed by atoms with Crippen molar-refractivity contribution in [3.8, 4) is 0 Å². The zero-order valence-corrected chi connectivity index (χ0v) is 16.5. The van der Waals surface area contributed by atoms with E-state index in [-0.39, 0.29) is 12.5 Å². The van der Waals surface area contributed by atoms with E-state index in [9.17, 15) is 9.90 Å². The Bertz CT molecular complexity index is 998. The fourth-order valence-electron chi connectivity index (χ4n) is 4.37. The van der Waals surface area contributed by atoms with Crippen LogP contribution in [0.3, 0.4) is 0 Å². The summed E-state index contributed by atoms with van der Waals surface area (Å²) in [6, 6.07) is 15.7. The number of carbonyl (C=O) groups excluding carboxylic acids is 1. The first-order chi connectivity index (χ1) is 13.4. The van der Waals surface area contributed by atoms with E-state index in [4.69, 9.17) is 0 Å². The summed E-state index contributed by atoms with van der Waals surface area (Å²) in [6.45, 7) is 0.842. The van der Waals surface area contributed by atoms with E-state index in [1.807, 2.05) is 74.4 Å². The molecule has 0 spiro atoms. The number of aryl methyl sites for hydroxylation is 1. The molecule has 1 fully saturated rings. The molecule has 0 bridgehead atoms. The van der Waals surface area contributed by atoms with Gasteiger partial charge in [0, 0.05) is 31.7 Å². The van der Waals surface area contributed by atoms with E-state index in [2.05, 4.69) is 9.88 Å². The Labute approximate surface area is 165 Å². The number of hydrogen-bond acceptors (Lipinski definition) is 4. The molecule has 1 aromatic carbocycles. The third-order valence-corrected chi connectivity index (χ3v) is 6.00. The van der Waals surface area contributed by atoms with Gasteiger partial charge in [-0.1, -0.05) is 30.3 Å². The fourth-order valence-corrected chi connectivity index (χ4v) is 4.37. The van der Waals surface area contributed by atoms with Crippen LogP contribution in [-0.4, -0.2) is 63.7 Å². The zero-order valence-electron chi connectivity index (χ0n) is 16.5. The summed E-state index contributed by atoms with van der Waals surface area (Å²) in [7, 11) is 5.89. The lowest BCUT2D eigenvalue weighted by Gasteiger charge is -2.49. The average molecular weight is 378 g/mol. The van der Waals surface area contributed by atoms with Gasteiger partial charge in [-0.15, -0.1) is 0 Å². The predicted molar refractivity (Wildman–Crippen MR) is 109 cm³/mol. The number of aliphatic hydroxyl groups is 1. The predicted octanol–water partition coefficient (Wildman–Crippen LogP) is 2.24. The maximum Gasteiger partial charge on any atom is 0.272 e. The van der Waals surface area contributed by atoms with Gasteiger partial charge < -0.3 is 14.6 Å². The second-order valence-corrected chi connectivity index (χ2v) is 7.74. The zero-order chi connectivity index (χ0) is 19.9. The first kappa shape index (κ1) is 18.7. The van der Waals surface area contributed by atoms with Crippen molar-refractivity contribution in [1.29, 1.82) is 0 Å². The van der Waals surface area contributed by atoms with Crippen LogP contribution < -0.4 is 0 Å². The highest BCUT2D eigenvalue weighted by Gasteiger charge is 2.46. The minimum absolute atomic E-state index is 0.137. The lowest BCUT2D eigenvalue weighted by atomic mass is 9.77. The lowest BCUT2D eigenvalue weighted by molar-refractivity contribution is -0.0613. The third-order valence-electron chi connectivity index (χ3n) is 6.00. The van der Waals surface area contributed by atoms with Gasteiger partial charge in [0.1, 0.15) is 11.3 Å². The number of aliphatic hydroxyl groups excluding tert-OH is 1. The molecule has 28 heavy (non-hydrogen) atoms. The van der Waals surface area contributed by atoms with Gasteiger partial charge in [0.25, 0.3) is 5.91 Å². The van der Waals surface area contributed by atoms with Gasteiger partial charge in [0.15, 0.2) is 0 Å². The normalized spacial score (nSPS) is 22.8. The van der Waals surface area contributed by atoms with Crippen LogP contribution in [0.15, 0.2) is 54.7 Å². The Balaban J connectivity index is 1.60. The Morgan fingerprint density at radius 1 is 1.18 bits per heavy atom. The number of aromatic nitrogens is 2. The topological polar surface area (TPSA) is 61.6 Å². The SMILES string of the molecule is CN(C)[C@]1(c2ccccc2)CCN(C(=O)c2ccc3ccn(C)c3n2)C[C@H]1O. The van der Waals surface area contributed by atoms with E-state index < -0.39 is 11.6 Å². The van der Waals surface area contributed by atoms with Crippen molar-refractivity contribution in [1.82, 2.24) is 19.4 Å². The number of likely N-dealkylation sites (N-methyl/N-ethyl adjacent to an activating group) is 1. The molecule has 6 nitrogen and oxygen atoms in total. The Kier molecular flexibility index (Phi) is 4.69. The minimum atomic E-state index is -0.693. The summed E-state index contributed by atoms with van der Waals surface area (Å²) in [5.41, 5.74) is 1.77. The van der Waals surface area contributed by atoms with Crippen LogP contribution >= 0.6 is 0 Å². The number of fused-ring (bicyclic) bond motifs is 1. The summed E-state index contributed by atoms with van der Waals surface area (Å²) in [5, 5.41) is 12.1. The van der Waals surface area contributed by atoms with Crippen molar-refractivity contribution in [2.75, 3.05) is 27.2 Å². The van der Waals surface area contributed by atoms with Crippen LogP contribution in [0.5, 0.6) is 0 Å². The number of hydrogen-bond donors (Lipinski definition) is 1. The molecule has 0 aliphatic carbocycles. The van der Waals surface area contributed by atoms with Crippen molar-refractivity contribution in [3.05, 3.63) is 66.0 Å². The van der Waals surface area contributed by atoms with Crippen molar-refractivity contribution in [2.24, 2.45) is 7.05 Å². The van der Waals surface area contributed by atoms with Gasteiger partial charge in [0.2, 0.25) is 0 Å². The molecule has 1 amide bonds. The van der Waals surface area contributed by atoms with Crippen LogP contribution in [0, 0.1) is 0 Å². The molecule has 1 saturated heterocycles. The summed E-state index contributed by atoms with van der Waals surface area (Å²) >= 11 is 0. The van der Waals surface area contributed by atoms with Crippen LogP contribution in [0.25, 0.3) is 11.0 Å². The molecule has 3 heterocycles. The molecule has 1 N–H and O–H groups in total. The number of pyridine rings is 1. The second kappa shape index (κ2) is 7.04. The molecule has 2 atom stereocenters. The fraction of sp³-hybridized carbons (Fsp3) is 0.364. The van der Waals surface area contributed by atoms with Gasteiger partial charge in [-0.3, -0.25) is 9.69 Å². The number of piperidine rings is 1.